The number of hydrogen-bond donors (Lipinski definition) is 2. The van der Waals surface area contributed by atoms with Gasteiger partial charge in [-0.15, -0.1) is 5.10 Å². The molecule has 1 aliphatic heterocycles. The molecule has 7 heteroatoms. The Hall–Kier alpha value is -1.47. The maximum atomic E-state index is 4.50. The zero-order chi connectivity index (χ0) is 12.4. The maximum absolute atomic E-state index is 4.50. The number of H-pyrrole nitrogens is 1. The third-order valence-corrected chi connectivity index (χ3v) is 3.50. The van der Waals surface area contributed by atoms with Crippen molar-refractivity contribution in [1.82, 2.24) is 25.5 Å². The van der Waals surface area contributed by atoms with Crippen LogP contribution in [0.5, 0.6) is 0 Å². The van der Waals surface area contributed by atoms with Gasteiger partial charge in [-0.25, -0.2) is 0 Å². The predicted octanol–water partition coefficient (Wildman–Crippen LogP) is 1.04. The van der Waals surface area contributed by atoms with Gasteiger partial charge in [-0.3, -0.25) is 10.1 Å². The van der Waals surface area contributed by atoms with Gasteiger partial charge in [0.1, 0.15) is 5.69 Å². The first kappa shape index (κ1) is 11.6. The van der Waals surface area contributed by atoms with Crippen molar-refractivity contribution in [3.63, 3.8) is 0 Å². The molecule has 2 aromatic rings. The molecule has 3 heterocycles. The second kappa shape index (κ2) is 5.03. The summed E-state index contributed by atoms with van der Waals surface area (Å²) in [6.45, 7) is 3.80. The van der Waals surface area contributed by atoms with Gasteiger partial charge >= 0.3 is 0 Å². The minimum atomic E-state index is 0.691. The van der Waals surface area contributed by atoms with Crippen molar-refractivity contribution in [3.8, 4) is 11.5 Å². The number of rotatable bonds is 2. The smallest absolute Gasteiger partial charge is 0.245 e. The lowest BCUT2D eigenvalue weighted by molar-refractivity contribution is 0.580. The van der Waals surface area contributed by atoms with Crippen LogP contribution in [0.25, 0.3) is 11.5 Å². The second-order valence-electron chi connectivity index (χ2n) is 4.05. The SMILES string of the molecule is Brc1cccnc1-c1nc(N2CCNCC2)n[nH]1. The first-order valence-corrected chi connectivity index (χ1v) is 6.63. The van der Waals surface area contributed by atoms with Gasteiger partial charge in [0, 0.05) is 36.8 Å². The highest BCUT2D eigenvalue weighted by molar-refractivity contribution is 9.10. The van der Waals surface area contributed by atoms with Crippen LogP contribution < -0.4 is 10.2 Å². The molecule has 0 bridgehead atoms. The molecule has 0 spiro atoms. The van der Waals surface area contributed by atoms with Gasteiger partial charge in [0.25, 0.3) is 0 Å². The van der Waals surface area contributed by atoms with Crippen LogP contribution in [-0.2, 0) is 0 Å². The van der Waals surface area contributed by atoms with E-state index < -0.39 is 0 Å². The molecule has 0 atom stereocenters. The number of hydrogen-bond acceptors (Lipinski definition) is 5. The van der Waals surface area contributed by atoms with E-state index in [-0.39, 0.29) is 0 Å². The third kappa shape index (κ3) is 2.23. The molecule has 2 N–H and O–H groups in total. The average Bonchev–Trinajstić information content (AvgIpc) is 2.90. The largest absolute Gasteiger partial charge is 0.337 e. The van der Waals surface area contributed by atoms with Gasteiger partial charge in [-0.05, 0) is 28.1 Å². The molecule has 0 aromatic carbocycles. The molecule has 2 aromatic heterocycles. The molecule has 1 aliphatic rings. The van der Waals surface area contributed by atoms with E-state index >= 15 is 0 Å². The minimum Gasteiger partial charge on any atom is -0.337 e. The van der Waals surface area contributed by atoms with Gasteiger partial charge in [-0.1, -0.05) is 0 Å². The Morgan fingerprint density at radius 1 is 1.28 bits per heavy atom. The molecular weight excluding hydrogens is 296 g/mol. The highest BCUT2D eigenvalue weighted by Crippen LogP contribution is 2.23. The minimum absolute atomic E-state index is 0.691. The molecule has 1 saturated heterocycles. The maximum Gasteiger partial charge on any atom is 0.245 e. The van der Waals surface area contributed by atoms with E-state index in [0.717, 1.165) is 42.3 Å². The fraction of sp³-hybridized carbons (Fsp3) is 0.364. The molecule has 6 nitrogen and oxygen atoms in total. The Kier molecular flexibility index (Phi) is 3.24. The van der Waals surface area contributed by atoms with E-state index in [4.69, 9.17) is 0 Å². The summed E-state index contributed by atoms with van der Waals surface area (Å²) in [6, 6.07) is 3.82. The van der Waals surface area contributed by atoms with Crippen molar-refractivity contribution in [1.29, 1.82) is 0 Å². The van der Waals surface area contributed by atoms with Gasteiger partial charge in [0.2, 0.25) is 5.95 Å². The Morgan fingerprint density at radius 3 is 2.89 bits per heavy atom. The Labute approximate surface area is 113 Å². The van der Waals surface area contributed by atoms with Crippen molar-refractivity contribution in [2.75, 3.05) is 31.1 Å². The quantitative estimate of drug-likeness (QED) is 0.867. The van der Waals surface area contributed by atoms with E-state index in [9.17, 15) is 0 Å². The van der Waals surface area contributed by atoms with E-state index in [2.05, 4.69) is 46.3 Å². The Balaban J connectivity index is 1.87. The first-order chi connectivity index (χ1) is 8.84. The van der Waals surface area contributed by atoms with Crippen LogP contribution in [0, 0.1) is 0 Å². The number of aromatic nitrogens is 4. The van der Waals surface area contributed by atoms with Gasteiger partial charge < -0.3 is 10.2 Å². The molecule has 0 aliphatic carbocycles. The van der Waals surface area contributed by atoms with Crippen molar-refractivity contribution >= 4 is 21.9 Å². The fourth-order valence-corrected chi connectivity index (χ4v) is 2.37. The molecule has 3 rings (SSSR count). The standard InChI is InChI=1S/C11H13BrN6/c12-8-2-1-3-14-9(8)10-15-11(17-16-10)18-6-4-13-5-7-18/h1-3,13H,4-7H2,(H,15,16,17). The monoisotopic (exact) mass is 308 g/mol. The van der Waals surface area contributed by atoms with Gasteiger partial charge in [0.15, 0.2) is 5.82 Å². The van der Waals surface area contributed by atoms with Crippen molar-refractivity contribution in [2.45, 2.75) is 0 Å². The predicted molar refractivity (Wildman–Crippen MR) is 72.4 cm³/mol. The molecule has 0 saturated carbocycles. The van der Waals surface area contributed by atoms with Crippen molar-refractivity contribution in [2.24, 2.45) is 0 Å². The van der Waals surface area contributed by atoms with Crippen LogP contribution in [0.3, 0.4) is 0 Å². The summed E-state index contributed by atoms with van der Waals surface area (Å²) in [4.78, 5) is 11.0. The normalized spacial score (nSPS) is 15.9. The summed E-state index contributed by atoms with van der Waals surface area (Å²) in [6.07, 6.45) is 1.74. The Bertz CT molecular complexity index is 534. The summed E-state index contributed by atoms with van der Waals surface area (Å²) >= 11 is 3.46. The number of aromatic amines is 1. The number of anilines is 1. The average molecular weight is 309 g/mol. The molecule has 0 unspecified atom stereocenters. The summed E-state index contributed by atoms with van der Waals surface area (Å²) in [7, 11) is 0. The number of nitrogens with one attached hydrogen (secondary N) is 2. The number of piperazine rings is 1. The third-order valence-electron chi connectivity index (χ3n) is 2.86. The lowest BCUT2D eigenvalue weighted by atomic mass is 10.3. The molecule has 94 valence electrons. The van der Waals surface area contributed by atoms with Crippen LogP contribution in [0.1, 0.15) is 0 Å². The van der Waals surface area contributed by atoms with E-state index in [1.807, 2.05) is 12.1 Å². The van der Waals surface area contributed by atoms with Crippen LogP contribution in [0.15, 0.2) is 22.8 Å². The van der Waals surface area contributed by atoms with Crippen molar-refractivity contribution < 1.29 is 0 Å². The molecule has 0 amide bonds. The van der Waals surface area contributed by atoms with Crippen LogP contribution >= 0.6 is 15.9 Å². The summed E-state index contributed by atoms with van der Waals surface area (Å²) in [5.41, 5.74) is 0.784. The van der Waals surface area contributed by atoms with E-state index in [0.29, 0.717) is 5.82 Å². The lowest BCUT2D eigenvalue weighted by Crippen LogP contribution is -2.44. The van der Waals surface area contributed by atoms with E-state index in [1.165, 1.54) is 0 Å². The molecular formula is C11H13BrN6. The molecule has 18 heavy (non-hydrogen) atoms. The summed E-state index contributed by atoms with van der Waals surface area (Å²) < 4.78 is 0.910. The fourth-order valence-electron chi connectivity index (χ4n) is 1.93. The van der Waals surface area contributed by atoms with Gasteiger partial charge in [0.05, 0.1) is 0 Å². The van der Waals surface area contributed by atoms with E-state index in [1.54, 1.807) is 6.20 Å². The lowest BCUT2D eigenvalue weighted by Gasteiger charge is -2.25. The first-order valence-electron chi connectivity index (χ1n) is 5.83. The van der Waals surface area contributed by atoms with Crippen LogP contribution in [0.4, 0.5) is 5.95 Å². The van der Waals surface area contributed by atoms with Crippen LogP contribution in [-0.4, -0.2) is 46.3 Å². The topological polar surface area (TPSA) is 69.7 Å². The zero-order valence-corrected chi connectivity index (χ0v) is 11.3. The van der Waals surface area contributed by atoms with Crippen LogP contribution in [0.2, 0.25) is 0 Å². The highest BCUT2D eigenvalue weighted by atomic mass is 79.9. The second-order valence-corrected chi connectivity index (χ2v) is 4.91. The summed E-state index contributed by atoms with van der Waals surface area (Å²) in [5.74, 6) is 1.43. The zero-order valence-electron chi connectivity index (χ0n) is 9.73. The Morgan fingerprint density at radius 2 is 2.11 bits per heavy atom. The van der Waals surface area contributed by atoms with Crippen molar-refractivity contribution in [3.05, 3.63) is 22.8 Å². The number of halogens is 1. The number of pyridine rings is 1. The molecule has 1 fully saturated rings. The number of nitrogens with zero attached hydrogens (tertiary/aromatic N) is 4. The highest BCUT2D eigenvalue weighted by Gasteiger charge is 2.16. The van der Waals surface area contributed by atoms with Gasteiger partial charge in [-0.2, -0.15) is 4.98 Å². The molecule has 0 radical (unpaired) electrons. The summed E-state index contributed by atoms with van der Waals surface area (Å²) in [5, 5.41) is 10.5.